The van der Waals surface area contributed by atoms with Crippen molar-refractivity contribution in [2.24, 2.45) is 0 Å². The third-order valence-electron chi connectivity index (χ3n) is 3.46. The molecule has 142 valence electrons. The van der Waals surface area contributed by atoms with Crippen molar-refractivity contribution in [1.82, 2.24) is 10.9 Å². The summed E-state index contributed by atoms with van der Waals surface area (Å²) in [6.07, 6.45) is -1.05. The fraction of sp³-hybridized carbons (Fsp3) is 0.211. The van der Waals surface area contributed by atoms with Crippen LogP contribution in [0.1, 0.15) is 24.2 Å². The van der Waals surface area contributed by atoms with E-state index in [0.717, 1.165) is 4.90 Å². The van der Waals surface area contributed by atoms with Gasteiger partial charge in [-0.1, -0.05) is 29.8 Å². The summed E-state index contributed by atoms with van der Waals surface area (Å²) in [6, 6.07) is 15.5. The van der Waals surface area contributed by atoms with Gasteiger partial charge in [0.2, 0.25) is 0 Å². The Balaban J connectivity index is 1.79. The molecular weight excluding hydrogens is 388 g/mol. The van der Waals surface area contributed by atoms with E-state index in [1.165, 1.54) is 18.7 Å². The number of carbonyl (C=O) groups is 3. The van der Waals surface area contributed by atoms with Crippen molar-refractivity contribution in [2.75, 3.05) is 0 Å². The maximum Gasteiger partial charge on any atom is 0.319 e. The Morgan fingerprint density at radius 1 is 0.963 bits per heavy atom. The first kappa shape index (κ1) is 20.8. The first-order valence-electron chi connectivity index (χ1n) is 8.15. The molecular formula is C19H19ClN2O4S. The van der Waals surface area contributed by atoms with E-state index in [1.54, 1.807) is 61.5 Å². The molecule has 2 aromatic rings. The van der Waals surface area contributed by atoms with E-state index in [2.05, 4.69) is 10.9 Å². The molecule has 0 fully saturated rings. The van der Waals surface area contributed by atoms with Gasteiger partial charge in [-0.2, -0.15) is 0 Å². The highest BCUT2D eigenvalue weighted by Crippen LogP contribution is 2.25. The van der Waals surface area contributed by atoms with Crippen LogP contribution >= 0.6 is 23.4 Å². The lowest BCUT2D eigenvalue weighted by molar-refractivity contribution is -0.154. The Hall–Kier alpha value is -2.51. The minimum atomic E-state index is -1.05. The number of hydrogen-bond acceptors (Lipinski definition) is 5. The molecule has 0 aromatic heterocycles. The van der Waals surface area contributed by atoms with E-state index in [1.807, 2.05) is 0 Å². The molecule has 0 aliphatic rings. The topological polar surface area (TPSA) is 84.5 Å². The summed E-state index contributed by atoms with van der Waals surface area (Å²) in [5.41, 5.74) is 4.92. The number of amides is 2. The first-order chi connectivity index (χ1) is 12.9. The van der Waals surface area contributed by atoms with Gasteiger partial charge in [0.05, 0.1) is 0 Å². The number of nitrogens with one attached hydrogen (secondary N) is 2. The van der Waals surface area contributed by atoms with Gasteiger partial charge < -0.3 is 4.74 Å². The molecule has 0 spiro atoms. The second-order valence-corrected chi connectivity index (χ2v) is 7.45. The zero-order chi connectivity index (χ0) is 19.8. The van der Waals surface area contributed by atoms with Crippen LogP contribution in [0.3, 0.4) is 0 Å². The lowest BCUT2D eigenvalue weighted by Gasteiger charge is -2.16. The number of esters is 1. The van der Waals surface area contributed by atoms with E-state index in [4.69, 9.17) is 16.3 Å². The number of carbonyl (C=O) groups excluding carboxylic acids is 3. The van der Waals surface area contributed by atoms with Crippen LogP contribution in [0.5, 0.6) is 0 Å². The summed E-state index contributed by atoms with van der Waals surface area (Å²) in [4.78, 5) is 36.9. The van der Waals surface area contributed by atoms with E-state index >= 15 is 0 Å². The molecule has 0 saturated heterocycles. The summed E-state index contributed by atoms with van der Waals surface area (Å²) < 4.78 is 5.16. The minimum Gasteiger partial charge on any atom is -0.452 e. The average molecular weight is 407 g/mol. The average Bonchev–Trinajstić information content (AvgIpc) is 2.68. The molecule has 0 bridgehead atoms. The molecule has 27 heavy (non-hydrogen) atoms. The van der Waals surface area contributed by atoms with E-state index in [0.29, 0.717) is 10.6 Å². The molecule has 8 heteroatoms. The quantitative estimate of drug-likeness (QED) is 0.437. The molecule has 2 N–H and O–H groups in total. The molecule has 6 nitrogen and oxygen atoms in total. The number of halogens is 1. The number of thioether (sulfide) groups is 1. The van der Waals surface area contributed by atoms with Crippen molar-refractivity contribution >= 4 is 41.1 Å². The summed E-state index contributed by atoms with van der Waals surface area (Å²) >= 11 is 7.13. The summed E-state index contributed by atoms with van der Waals surface area (Å²) in [5, 5.41) is 0.0951. The largest absolute Gasteiger partial charge is 0.452 e. The van der Waals surface area contributed by atoms with Gasteiger partial charge in [-0.15, -0.1) is 11.8 Å². The highest BCUT2D eigenvalue weighted by Gasteiger charge is 2.23. The van der Waals surface area contributed by atoms with Crippen molar-refractivity contribution in [3.63, 3.8) is 0 Å². The van der Waals surface area contributed by atoms with Gasteiger partial charge in [-0.05, 0) is 50.2 Å². The molecule has 0 saturated carbocycles. The highest BCUT2D eigenvalue weighted by atomic mass is 35.5. The third-order valence-corrected chi connectivity index (χ3v) is 4.80. The van der Waals surface area contributed by atoms with Gasteiger partial charge in [-0.3, -0.25) is 25.2 Å². The fourth-order valence-corrected chi connectivity index (χ4v) is 2.95. The molecule has 2 rings (SSSR count). The molecule has 0 unspecified atom stereocenters. The lowest BCUT2D eigenvalue weighted by Crippen LogP contribution is -2.47. The molecule has 0 radical (unpaired) electrons. The predicted molar refractivity (Wildman–Crippen MR) is 104 cm³/mol. The molecule has 2 aromatic carbocycles. The minimum absolute atomic E-state index is 0.399. The molecule has 2 amide bonds. The van der Waals surface area contributed by atoms with Crippen LogP contribution in [0.2, 0.25) is 5.02 Å². The maximum atomic E-state index is 12.2. The molecule has 2 atom stereocenters. The maximum absolute atomic E-state index is 12.2. The number of hydrogen-bond donors (Lipinski definition) is 2. The van der Waals surface area contributed by atoms with Crippen LogP contribution in [0, 0.1) is 0 Å². The number of ether oxygens (including phenoxy) is 1. The van der Waals surface area contributed by atoms with E-state index in [-0.39, 0.29) is 0 Å². The standard InChI is InChI=1S/C19H19ClN2O4S/c1-12(17(23)21-22-18(24)14-6-4-3-5-7-14)26-19(25)13(2)27-16-10-8-15(20)9-11-16/h3-13H,1-2H3,(H,21,23)(H,22,24)/t12-,13-/m1/s1. The van der Waals surface area contributed by atoms with Crippen LogP contribution in [0.25, 0.3) is 0 Å². The Morgan fingerprint density at radius 2 is 1.59 bits per heavy atom. The molecule has 0 aliphatic carbocycles. The monoisotopic (exact) mass is 406 g/mol. The van der Waals surface area contributed by atoms with Crippen LogP contribution in [-0.2, 0) is 14.3 Å². The van der Waals surface area contributed by atoms with Gasteiger partial charge in [0.15, 0.2) is 6.10 Å². The van der Waals surface area contributed by atoms with Crippen LogP contribution < -0.4 is 10.9 Å². The van der Waals surface area contributed by atoms with Crippen LogP contribution in [0.4, 0.5) is 0 Å². The molecule has 0 aliphatic heterocycles. The Labute approximate surface area is 166 Å². The van der Waals surface area contributed by atoms with Gasteiger partial charge >= 0.3 is 5.97 Å². The summed E-state index contributed by atoms with van der Waals surface area (Å²) in [7, 11) is 0. The smallest absolute Gasteiger partial charge is 0.319 e. The lowest BCUT2D eigenvalue weighted by atomic mass is 10.2. The first-order valence-corrected chi connectivity index (χ1v) is 9.40. The predicted octanol–water partition coefficient (Wildman–Crippen LogP) is 3.21. The van der Waals surface area contributed by atoms with E-state index < -0.39 is 29.1 Å². The highest BCUT2D eigenvalue weighted by molar-refractivity contribution is 8.00. The van der Waals surface area contributed by atoms with Gasteiger partial charge in [0, 0.05) is 15.5 Å². The van der Waals surface area contributed by atoms with Crippen molar-refractivity contribution in [2.45, 2.75) is 30.1 Å². The van der Waals surface area contributed by atoms with Crippen molar-refractivity contribution in [3.05, 3.63) is 65.2 Å². The van der Waals surface area contributed by atoms with Crippen molar-refractivity contribution in [3.8, 4) is 0 Å². The van der Waals surface area contributed by atoms with Crippen molar-refractivity contribution < 1.29 is 19.1 Å². The summed E-state index contributed by atoms with van der Waals surface area (Å²) in [6.45, 7) is 3.12. The normalized spacial score (nSPS) is 12.6. The zero-order valence-corrected chi connectivity index (χ0v) is 16.3. The third kappa shape index (κ3) is 6.62. The summed E-state index contributed by atoms with van der Waals surface area (Å²) in [5.74, 6) is -1.63. The van der Waals surface area contributed by atoms with Gasteiger partial charge in [0.1, 0.15) is 5.25 Å². The SMILES string of the molecule is C[C@@H](OC(=O)[C@@H](C)Sc1ccc(Cl)cc1)C(=O)NNC(=O)c1ccccc1. The number of rotatable bonds is 6. The van der Waals surface area contributed by atoms with Gasteiger partial charge in [-0.25, -0.2) is 0 Å². The second kappa shape index (κ2) is 9.99. The van der Waals surface area contributed by atoms with Crippen LogP contribution in [0.15, 0.2) is 59.5 Å². The number of hydrazine groups is 1. The van der Waals surface area contributed by atoms with Crippen LogP contribution in [-0.4, -0.2) is 29.1 Å². The molecule has 0 heterocycles. The fourth-order valence-electron chi connectivity index (χ4n) is 1.97. The van der Waals surface area contributed by atoms with E-state index in [9.17, 15) is 14.4 Å². The Bertz CT molecular complexity index is 799. The Kier molecular flexibility index (Phi) is 7.69. The zero-order valence-electron chi connectivity index (χ0n) is 14.8. The van der Waals surface area contributed by atoms with Crippen molar-refractivity contribution in [1.29, 1.82) is 0 Å². The Morgan fingerprint density at radius 3 is 2.22 bits per heavy atom. The number of benzene rings is 2. The second-order valence-electron chi connectivity index (χ2n) is 5.60. The van der Waals surface area contributed by atoms with Gasteiger partial charge in [0.25, 0.3) is 11.8 Å².